The summed E-state index contributed by atoms with van der Waals surface area (Å²) >= 11 is 0. The van der Waals surface area contributed by atoms with Gasteiger partial charge in [0, 0.05) is 0 Å². The van der Waals surface area contributed by atoms with Gasteiger partial charge in [-0.25, -0.2) is 13.1 Å². The highest BCUT2D eigenvalue weighted by molar-refractivity contribution is 7.92. The van der Waals surface area contributed by atoms with Gasteiger partial charge in [-0.1, -0.05) is 69.3 Å². The summed E-state index contributed by atoms with van der Waals surface area (Å²) in [7, 11) is -4.01. The Labute approximate surface area is 228 Å². The maximum atomic E-state index is 13.7. The number of rotatable bonds is 9. The Bertz CT molecular complexity index is 1560. The van der Waals surface area contributed by atoms with E-state index in [2.05, 4.69) is 30.6 Å². The van der Waals surface area contributed by atoms with Gasteiger partial charge in [-0.05, 0) is 46.4 Å². The van der Waals surface area contributed by atoms with Crippen LogP contribution in [0.4, 0.5) is 5.82 Å². The van der Waals surface area contributed by atoms with E-state index >= 15 is 0 Å². The van der Waals surface area contributed by atoms with Crippen molar-refractivity contribution in [3.63, 3.8) is 0 Å². The summed E-state index contributed by atoms with van der Waals surface area (Å²) in [6.07, 6.45) is 0. The molecule has 0 saturated carbocycles. The lowest BCUT2D eigenvalue weighted by Crippen LogP contribution is -2.18. The third-order valence-electron chi connectivity index (χ3n) is 6.35. The second-order valence-electron chi connectivity index (χ2n) is 10.2. The number of anilines is 1. The maximum Gasteiger partial charge on any atom is 0.263 e. The van der Waals surface area contributed by atoms with Crippen molar-refractivity contribution in [1.82, 2.24) is 9.78 Å². The highest BCUT2D eigenvalue weighted by Crippen LogP contribution is 2.43. The minimum absolute atomic E-state index is 0.0135. The van der Waals surface area contributed by atoms with Crippen LogP contribution in [0.25, 0.3) is 11.1 Å². The Balaban J connectivity index is 1.63. The van der Waals surface area contributed by atoms with Crippen molar-refractivity contribution in [2.24, 2.45) is 0 Å². The molecule has 4 aromatic rings. The first-order valence-electron chi connectivity index (χ1n) is 12.6. The lowest BCUT2D eigenvalue weighted by atomic mass is 9.87. The summed E-state index contributed by atoms with van der Waals surface area (Å²) < 4.78 is 48.5. The average Bonchev–Trinajstić information content (AvgIpc) is 3.51. The molecule has 9 nitrogen and oxygen atoms in total. The average molecular weight is 550 g/mol. The van der Waals surface area contributed by atoms with Crippen LogP contribution in [0.1, 0.15) is 31.9 Å². The highest BCUT2D eigenvalue weighted by atomic mass is 32.2. The summed E-state index contributed by atoms with van der Waals surface area (Å²) in [6.45, 7) is 6.35. The van der Waals surface area contributed by atoms with Crippen LogP contribution in [0, 0.1) is 0 Å². The van der Waals surface area contributed by atoms with Crippen LogP contribution >= 0.6 is 0 Å². The predicted molar refractivity (Wildman–Crippen MR) is 148 cm³/mol. The van der Waals surface area contributed by atoms with Crippen LogP contribution in [0.15, 0.2) is 77.7 Å². The van der Waals surface area contributed by atoms with E-state index in [1.54, 1.807) is 35.0 Å². The lowest BCUT2D eigenvalue weighted by molar-refractivity contribution is 0.174. The number of aliphatic hydroxyl groups is 1. The molecule has 0 fully saturated rings. The molecule has 0 atom stereocenters. The zero-order chi connectivity index (χ0) is 27.6. The quantitative estimate of drug-likeness (QED) is 0.309. The van der Waals surface area contributed by atoms with E-state index in [1.807, 2.05) is 42.5 Å². The van der Waals surface area contributed by atoms with Crippen molar-refractivity contribution < 1.29 is 27.7 Å². The van der Waals surface area contributed by atoms with E-state index < -0.39 is 10.0 Å². The molecule has 0 amide bonds. The smallest absolute Gasteiger partial charge is 0.263 e. The molecule has 0 saturated heterocycles. The molecule has 204 valence electrons. The molecule has 0 unspecified atom stereocenters. The third kappa shape index (κ3) is 5.71. The molecular formula is C29H31N3O6S. The Morgan fingerprint density at radius 3 is 2.41 bits per heavy atom. The van der Waals surface area contributed by atoms with Crippen LogP contribution < -0.4 is 18.9 Å². The van der Waals surface area contributed by atoms with E-state index in [-0.39, 0.29) is 48.6 Å². The number of ether oxygens (including phenoxy) is 3. The van der Waals surface area contributed by atoms with E-state index in [1.165, 1.54) is 0 Å². The van der Waals surface area contributed by atoms with Gasteiger partial charge in [-0.2, -0.15) is 0 Å². The van der Waals surface area contributed by atoms with Gasteiger partial charge in [0.1, 0.15) is 12.4 Å². The fourth-order valence-corrected chi connectivity index (χ4v) is 5.36. The lowest BCUT2D eigenvalue weighted by Gasteiger charge is -2.19. The molecule has 5 rings (SSSR count). The molecule has 3 aromatic carbocycles. The van der Waals surface area contributed by atoms with Crippen molar-refractivity contribution in [2.45, 2.75) is 37.6 Å². The Kier molecular flexibility index (Phi) is 7.24. The molecule has 1 aromatic heterocycles. The molecule has 0 bridgehead atoms. The SMILES string of the molecule is CC(C)(C)c1ccc(S(=O)(=O)Nc2c(-c3ccc4c(c3)OCO4)c(OCCO)nn2Cc2ccccc2)cc1. The first kappa shape index (κ1) is 26.6. The Morgan fingerprint density at radius 1 is 1.00 bits per heavy atom. The molecule has 1 aliphatic rings. The molecule has 0 aliphatic carbocycles. The largest absolute Gasteiger partial charge is 0.474 e. The number of benzene rings is 3. The molecule has 10 heteroatoms. The van der Waals surface area contributed by atoms with Gasteiger partial charge in [0.2, 0.25) is 12.7 Å². The third-order valence-corrected chi connectivity index (χ3v) is 7.70. The molecule has 1 aliphatic heterocycles. The fraction of sp³-hybridized carbons (Fsp3) is 0.276. The van der Waals surface area contributed by atoms with Crippen LogP contribution in [-0.2, 0) is 22.0 Å². The minimum atomic E-state index is -4.01. The molecule has 39 heavy (non-hydrogen) atoms. The Morgan fingerprint density at radius 2 is 1.72 bits per heavy atom. The number of nitrogens with zero attached hydrogens (tertiary/aromatic N) is 2. The summed E-state index contributed by atoms with van der Waals surface area (Å²) in [4.78, 5) is 0.123. The fourth-order valence-electron chi connectivity index (χ4n) is 4.29. The molecule has 0 spiro atoms. The topological polar surface area (TPSA) is 112 Å². The first-order valence-corrected chi connectivity index (χ1v) is 14.1. The van der Waals surface area contributed by atoms with Gasteiger partial charge in [-0.3, -0.25) is 4.72 Å². The van der Waals surface area contributed by atoms with Crippen LogP contribution in [-0.4, -0.2) is 43.3 Å². The zero-order valence-electron chi connectivity index (χ0n) is 22.0. The molecular weight excluding hydrogens is 518 g/mol. The zero-order valence-corrected chi connectivity index (χ0v) is 22.9. The monoisotopic (exact) mass is 549 g/mol. The highest BCUT2D eigenvalue weighted by Gasteiger charge is 2.28. The second kappa shape index (κ2) is 10.6. The predicted octanol–water partition coefficient (Wildman–Crippen LogP) is 4.80. The van der Waals surface area contributed by atoms with Crippen molar-refractivity contribution in [1.29, 1.82) is 0 Å². The van der Waals surface area contributed by atoms with Crippen molar-refractivity contribution in [3.05, 3.63) is 83.9 Å². The van der Waals surface area contributed by atoms with Crippen LogP contribution in [0.3, 0.4) is 0 Å². The van der Waals surface area contributed by atoms with Crippen LogP contribution in [0.2, 0.25) is 0 Å². The van der Waals surface area contributed by atoms with E-state index in [9.17, 15) is 13.5 Å². The van der Waals surface area contributed by atoms with Crippen molar-refractivity contribution in [3.8, 4) is 28.5 Å². The van der Waals surface area contributed by atoms with Gasteiger partial charge in [0.05, 0.1) is 23.6 Å². The van der Waals surface area contributed by atoms with Gasteiger partial charge >= 0.3 is 0 Å². The number of sulfonamides is 1. The van der Waals surface area contributed by atoms with E-state index in [0.717, 1.165) is 11.1 Å². The summed E-state index contributed by atoms with van der Waals surface area (Å²) in [5.74, 6) is 1.53. The normalized spacial score (nSPS) is 12.9. The summed E-state index contributed by atoms with van der Waals surface area (Å²) in [5.41, 5.74) is 2.87. The molecule has 2 heterocycles. The van der Waals surface area contributed by atoms with Crippen LogP contribution in [0.5, 0.6) is 17.4 Å². The van der Waals surface area contributed by atoms with Gasteiger partial charge < -0.3 is 19.3 Å². The van der Waals surface area contributed by atoms with Gasteiger partial charge in [0.25, 0.3) is 10.0 Å². The van der Waals surface area contributed by atoms with E-state index in [0.29, 0.717) is 22.6 Å². The van der Waals surface area contributed by atoms with Crippen molar-refractivity contribution in [2.75, 3.05) is 24.7 Å². The molecule has 0 radical (unpaired) electrons. The number of hydrogen-bond donors (Lipinski definition) is 2. The van der Waals surface area contributed by atoms with Gasteiger partial charge in [0.15, 0.2) is 11.5 Å². The summed E-state index contributed by atoms with van der Waals surface area (Å²) in [5, 5.41) is 14.1. The Hall–Kier alpha value is -4.02. The van der Waals surface area contributed by atoms with E-state index in [4.69, 9.17) is 14.2 Å². The minimum Gasteiger partial charge on any atom is -0.474 e. The maximum absolute atomic E-state index is 13.7. The molecule has 2 N–H and O–H groups in total. The number of aliphatic hydroxyl groups excluding tert-OH is 1. The first-order chi connectivity index (χ1) is 18.7. The number of aromatic nitrogens is 2. The number of hydrogen-bond acceptors (Lipinski definition) is 7. The second-order valence-corrected chi connectivity index (χ2v) is 11.9. The van der Waals surface area contributed by atoms with Gasteiger partial charge in [-0.15, -0.1) is 5.10 Å². The number of nitrogens with one attached hydrogen (secondary N) is 1. The number of fused-ring (bicyclic) bond motifs is 1. The van der Waals surface area contributed by atoms with Crippen molar-refractivity contribution >= 4 is 15.8 Å². The standard InChI is InChI=1S/C29H31N3O6S/c1-29(2,3)22-10-12-23(13-11-22)39(34,35)31-27-26(21-9-14-24-25(17-21)38-19-37-24)28(36-16-15-33)30-32(27)18-20-7-5-4-6-8-20/h4-14,17,31,33H,15-16,18-19H2,1-3H3. The summed E-state index contributed by atoms with van der Waals surface area (Å²) in [6, 6.07) is 21.7.